The Morgan fingerprint density at radius 3 is 3.00 bits per heavy atom. The van der Waals surface area contributed by atoms with Gasteiger partial charge >= 0.3 is 0 Å². The van der Waals surface area contributed by atoms with Crippen molar-refractivity contribution >= 4 is 11.6 Å². The van der Waals surface area contributed by atoms with Crippen molar-refractivity contribution in [3.8, 4) is 0 Å². The van der Waals surface area contributed by atoms with Crippen molar-refractivity contribution in [1.29, 1.82) is 0 Å². The average Bonchev–Trinajstić information content (AvgIpc) is 2.30. The van der Waals surface area contributed by atoms with E-state index in [0.29, 0.717) is 0 Å². The van der Waals surface area contributed by atoms with Crippen LogP contribution in [0.3, 0.4) is 0 Å². The Labute approximate surface area is 71.2 Å². The molecule has 1 aromatic heterocycles. The van der Waals surface area contributed by atoms with Crippen LogP contribution in [0.5, 0.6) is 0 Å². The van der Waals surface area contributed by atoms with Gasteiger partial charge in [-0.25, -0.2) is 0 Å². The summed E-state index contributed by atoms with van der Waals surface area (Å²) in [6, 6.07) is 0. The Bertz CT molecular complexity index is 278. The Kier molecular flexibility index (Phi) is 1.64. The molecule has 0 atom stereocenters. The highest BCUT2D eigenvalue weighted by Gasteiger charge is 2.15. The largest absolute Gasteiger partial charge is 0.268 e. The lowest BCUT2D eigenvalue weighted by molar-refractivity contribution is 0.484. The van der Waals surface area contributed by atoms with Gasteiger partial charge in [0.1, 0.15) is 0 Å². The van der Waals surface area contributed by atoms with Crippen LogP contribution in [0.1, 0.15) is 24.2 Å². The third kappa shape index (κ3) is 1.06. The van der Waals surface area contributed by atoms with Crippen molar-refractivity contribution < 1.29 is 0 Å². The maximum Gasteiger partial charge on any atom is 0.0847 e. The molecule has 11 heavy (non-hydrogen) atoms. The van der Waals surface area contributed by atoms with Crippen LogP contribution < -0.4 is 0 Å². The molecule has 0 fully saturated rings. The molecule has 2 rings (SSSR count). The Hall–Kier alpha value is -0.500. The summed E-state index contributed by atoms with van der Waals surface area (Å²) in [4.78, 5) is 0. The molecule has 1 aliphatic rings. The number of rotatable bonds is 0. The smallest absolute Gasteiger partial charge is 0.0847 e. The molecule has 3 heteroatoms. The second-order valence-electron chi connectivity index (χ2n) is 3.03. The van der Waals surface area contributed by atoms with Gasteiger partial charge in [0.05, 0.1) is 16.4 Å². The molecule has 2 heterocycles. The summed E-state index contributed by atoms with van der Waals surface area (Å²) in [6.07, 6.45) is 3.59. The number of fused-ring (bicyclic) bond motifs is 1. The van der Waals surface area contributed by atoms with E-state index >= 15 is 0 Å². The Morgan fingerprint density at radius 2 is 2.27 bits per heavy atom. The van der Waals surface area contributed by atoms with Crippen LogP contribution in [0.15, 0.2) is 0 Å². The van der Waals surface area contributed by atoms with Gasteiger partial charge in [-0.1, -0.05) is 11.6 Å². The minimum absolute atomic E-state index is 0.879. The molecule has 0 N–H and O–H groups in total. The van der Waals surface area contributed by atoms with Crippen molar-refractivity contribution in [3.63, 3.8) is 0 Å². The van der Waals surface area contributed by atoms with Crippen molar-refractivity contribution in [2.45, 2.75) is 32.7 Å². The van der Waals surface area contributed by atoms with Gasteiger partial charge in [0.15, 0.2) is 0 Å². The second-order valence-corrected chi connectivity index (χ2v) is 3.40. The van der Waals surface area contributed by atoms with Crippen LogP contribution in [0.4, 0.5) is 0 Å². The first-order valence-corrected chi connectivity index (χ1v) is 4.38. The quantitative estimate of drug-likeness (QED) is 0.584. The Balaban J connectivity index is 2.50. The van der Waals surface area contributed by atoms with Crippen molar-refractivity contribution in [3.05, 3.63) is 16.4 Å². The minimum atomic E-state index is 0.879. The molecule has 0 saturated heterocycles. The van der Waals surface area contributed by atoms with E-state index in [9.17, 15) is 0 Å². The molecular weight excluding hydrogens is 160 g/mol. The molecule has 0 radical (unpaired) electrons. The predicted octanol–water partition coefficient (Wildman–Crippen LogP) is 2.18. The van der Waals surface area contributed by atoms with E-state index in [0.717, 1.165) is 23.7 Å². The second kappa shape index (κ2) is 2.52. The van der Waals surface area contributed by atoms with E-state index in [4.69, 9.17) is 11.6 Å². The van der Waals surface area contributed by atoms with Crippen LogP contribution in [0, 0.1) is 6.92 Å². The highest BCUT2D eigenvalue weighted by molar-refractivity contribution is 6.31. The minimum Gasteiger partial charge on any atom is -0.268 e. The fourth-order valence-corrected chi connectivity index (χ4v) is 1.82. The molecule has 60 valence electrons. The zero-order valence-corrected chi connectivity index (χ0v) is 7.36. The van der Waals surface area contributed by atoms with Gasteiger partial charge in [0.2, 0.25) is 0 Å². The van der Waals surface area contributed by atoms with Crippen LogP contribution in [0.2, 0.25) is 5.02 Å². The molecule has 0 spiro atoms. The normalized spacial score (nSPS) is 16.5. The van der Waals surface area contributed by atoms with Crippen LogP contribution >= 0.6 is 11.6 Å². The van der Waals surface area contributed by atoms with Gasteiger partial charge in [0.25, 0.3) is 0 Å². The van der Waals surface area contributed by atoms with E-state index < -0.39 is 0 Å². The van der Waals surface area contributed by atoms with E-state index in [-0.39, 0.29) is 0 Å². The molecule has 0 saturated carbocycles. The van der Waals surface area contributed by atoms with Gasteiger partial charge < -0.3 is 0 Å². The lowest BCUT2D eigenvalue weighted by atomic mass is 10.1. The fourth-order valence-electron chi connectivity index (χ4n) is 1.59. The van der Waals surface area contributed by atoms with Crippen LogP contribution in [-0.2, 0) is 13.0 Å². The molecule has 2 nitrogen and oxygen atoms in total. The highest BCUT2D eigenvalue weighted by Crippen LogP contribution is 2.25. The summed E-state index contributed by atoms with van der Waals surface area (Å²) in [5.41, 5.74) is 2.21. The summed E-state index contributed by atoms with van der Waals surface area (Å²) in [6.45, 7) is 3.01. The zero-order chi connectivity index (χ0) is 7.84. The van der Waals surface area contributed by atoms with Gasteiger partial charge in [-0.2, -0.15) is 5.10 Å². The summed E-state index contributed by atoms with van der Waals surface area (Å²) in [5.74, 6) is 0. The first-order chi connectivity index (χ1) is 5.29. The lowest BCUT2D eigenvalue weighted by Gasteiger charge is -2.12. The van der Waals surface area contributed by atoms with Gasteiger partial charge in [-0.05, 0) is 26.2 Å². The number of hydrogen-bond acceptors (Lipinski definition) is 1. The first-order valence-electron chi connectivity index (χ1n) is 4.01. The third-order valence-electron chi connectivity index (χ3n) is 2.19. The number of nitrogens with zero attached hydrogens (tertiary/aromatic N) is 2. The molecule has 1 aromatic rings. The summed E-state index contributed by atoms with van der Waals surface area (Å²) in [7, 11) is 0. The molecule has 0 unspecified atom stereocenters. The van der Waals surface area contributed by atoms with Crippen molar-refractivity contribution in [2.75, 3.05) is 0 Å². The van der Waals surface area contributed by atoms with Gasteiger partial charge in [-0.3, -0.25) is 4.68 Å². The molecular formula is C8H11ClN2. The summed E-state index contributed by atoms with van der Waals surface area (Å²) in [5, 5.41) is 5.21. The van der Waals surface area contributed by atoms with E-state index in [1.54, 1.807) is 0 Å². The standard InChI is InChI=1S/C8H11ClN2/c1-6-8(9)7-4-2-3-5-11(7)10-6/h2-5H2,1H3. The maximum absolute atomic E-state index is 6.04. The van der Waals surface area contributed by atoms with Crippen LogP contribution in [-0.4, -0.2) is 9.78 Å². The van der Waals surface area contributed by atoms with E-state index in [2.05, 4.69) is 5.10 Å². The molecule has 0 amide bonds. The number of hydrogen-bond donors (Lipinski definition) is 0. The predicted molar refractivity (Wildman–Crippen MR) is 44.9 cm³/mol. The average molecular weight is 171 g/mol. The molecule has 1 aliphatic heterocycles. The number of aromatic nitrogens is 2. The van der Waals surface area contributed by atoms with E-state index in [1.807, 2.05) is 11.6 Å². The van der Waals surface area contributed by atoms with E-state index in [1.165, 1.54) is 18.5 Å². The fraction of sp³-hybridized carbons (Fsp3) is 0.625. The monoisotopic (exact) mass is 170 g/mol. The maximum atomic E-state index is 6.04. The number of aryl methyl sites for hydroxylation is 2. The zero-order valence-electron chi connectivity index (χ0n) is 6.60. The number of halogens is 1. The SMILES string of the molecule is Cc1nn2c(c1Cl)CCCC2. The van der Waals surface area contributed by atoms with Crippen molar-refractivity contribution in [1.82, 2.24) is 9.78 Å². The Morgan fingerprint density at radius 1 is 1.45 bits per heavy atom. The topological polar surface area (TPSA) is 17.8 Å². The summed E-state index contributed by atoms with van der Waals surface area (Å²) < 4.78 is 2.04. The molecule has 0 aromatic carbocycles. The molecule has 0 aliphatic carbocycles. The summed E-state index contributed by atoms with van der Waals surface area (Å²) >= 11 is 6.04. The van der Waals surface area contributed by atoms with Crippen LogP contribution in [0.25, 0.3) is 0 Å². The van der Waals surface area contributed by atoms with Gasteiger partial charge in [0, 0.05) is 6.54 Å². The van der Waals surface area contributed by atoms with Crippen molar-refractivity contribution in [2.24, 2.45) is 0 Å². The van der Waals surface area contributed by atoms with Gasteiger partial charge in [-0.15, -0.1) is 0 Å². The highest BCUT2D eigenvalue weighted by atomic mass is 35.5. The first kappa shape index (κ1) is 7.17. The lowest BCUT2D eigenvalue weighted by Crippen LogP contribution is -2.10. The molecule has 0 bridgehead atoms. The third-order valence-corrected chi connectivity index (χ3v) is 2.68.